The van der Waals surface area contributed by atoms with E-state index in [0.29, 0.717) is 18.5 Å². The Morgan fingerprint density at radius 2 is 1.88 bits per heavy atom. The first-order chi connectivity index (χ1) is 12.6. The van der Waals surface area contributed by atoms with Crippen molar-refractivity contribution in [1.29, 1.82) is 0 Å². The van der Waals surface area contributed by atoms with E-state index in [1.807, 2.05) is 40.9 Å². The number of rotatable bonds is 5. The number of likely N-dealkylation sites (tertiary alicyclic amines) is 1. The molecule has 1 aliphatic heterocycles. The lowest BCUT2D eigenvalue weighted by molar-refractivity contribution is -0.146. The molecule has 0 unspecified atom stereocenters. The van der Waals surface area contributed by atoms with Gasteiger partial charge in [0.1, 0.15) is 12.3 Å². The van der Waals surface area contributed by atoms with Crippen LogP contribution in [0.15, 0.2) is 42.7 Å². The predicted octanol–water partition coefficient (Wildman–Crippen LogP) is 1.72. The first kappa shape index (κ1) is 16.5. The van der Waals surface area contributed by atoms with E-state index in [-0.39, 0.29) is 43.2 Å². The number of hydrogen-bond donors (Lipinski definition) is 0. The van der Waals surface area contributed by atoms with Crippen LogP contribution >= 0.6 is 0 Å². The molecule has 2 aromatic rings. The summed E-state index contributed by atoms with van der Waals surface area (Å²) in [4.78, 5) is 42.3. The van der Waals surface area contributed by atoms with Crippen LogP contribution in [0.25, 0.3) is 5.65 Å². The number of allylic oxidation sites excluding steroid dienone is 2. The average molecular weight is 353 g/mol. The Hall–Kier alpha value is -2.96. The molecule has 0 spiro atoms. The number of nitrogens with zero attached hydrogens (tertiary/aromatic N) is 3. The molecule has 2 aliphatic rings. The molecule has 2 amide bonds. The summed E-state index contributed by atoms with van der Waals surface area (Å²) in [6.07, 6.45) is 8.75. The molecule has 134 valence electrons. The van der Waals surface area contributed by atoms with E-state index in [0.717, 1.165) is 5.65 Å². The number of esters is 1. The zero-order valence-electron chi connectivity index (χ0n) is 14.2. The molecule has 0 bridgehead atoms. The Morgan fingerprint density at radius 3 is 2.58 bits per heavy atom. The van der Waals surface area contributed by atoms with Crippen molar-refractivity contribution in [2.24, 2.45) is 11.8 Å². The third-order valence-electron chi connectivity index (χ3n) is 4.93. The van der Waals surface area contributed by atoms with Crippen LogP contribution in [0.5, 0.6) is 0 Å². The summed E-state index contributed by atoms with van der Waals surface area (Å²) in [5, 5.41) is 0. The molecule has 1 saturated heterocycles. The number of hydrogen-bond acceptors (Lipinski definition) is 5. The van der Waals surface area contributed by atoms with Gasteiger partial charge in [-0.25, -0.2) is 4.98 Å². The van der Waals surface area contributed by atoms with E-state index in [4.69, 9.17) is 4.74 Å². The molecular weight excluding hydrogens is 334 g/mol. The van der Waals surface area contributed by atoms with Crippen LogP contribution in [0, 0.1) is 11.8 Å². The maximum atomic E-state index is 12.3. The van der Waals surface area contributed by atoms with E-state index in [1.165, 1.54) is 4.90 Å². The van der Waals surface area contributed by atoms with Crippen molar-refractivity contribution < 1.29 is 19.1 Å². The van der Waals surface area contributed by atoms with Crippen molar-refractivity contribution in [2.45, 2.75) is 25.9 Å². The minimum atomic E-state index is -0.448. The summed E-state index contributed by atoms with van der Waals surface area (Å²) in [5.41, 5.74) is 1.43. The molecule has 26 heavy (non-hydrogen) atoms. The summed E-state index contributed by atoms with van der Waals surface area (Å²) in [7, 11) is 0. The fourth-order valence-electron chi connectivity index (χ4n) is 3.58. The van der Waals surface area contributed by atoms with Crippen LogP contribution in [0.3, 0.4) is 0 Å². The highest BCUT2D eigenvalue weighted by Crippen LogP contribution is 2.34. The van der Waals surface area contributed by atoms with Crippen molar-refractivity contribution in [3.05, 3.63) is 48.4 Å². The Labute approximate surface area is 150 Å². The summed E-state index contributed by atoms with van der Waals surface area (Å²) in [5.74, 6) is -1.31. The fourth-order valence-corrected chi connectivity index (χ4v) is 3.58. The highest BCUT2D eigenvalue weighted by molar-refractivity contribution is 6.05. The third-order valence-corrected chi connectivity index (χ3v) is 4.93. The molecule has 0 N–H and O–H groups in total. The van der Waals surface area contributed by atoms with Gasteiger partial charge < -0.3 is 9.14 Å². The normalized spacial score (nSPS) is 22.1. The average Bonchev–Trinajstić information content (AvgIpc) is 3.18. The zero-order chi connectivity index (χ0) is 18.1. The monoisotopic (exact) mass is 353 g/mol. The largest absolute Gasteiger partial charge is 0.459 e. The standard InChI is InChI=1S/C19H19N3O4/c23-17(26-12-13-11-21-9-4-3-7-16(21)20-13)8-10-22-18(24)14-5-1-2-6-15(14)19(22)25/h1-4,7,9,11,14-15H,5-6,8,10,12H2/t14-,15+. The van der Waals surface area contributed by atoms with Crippen molar-refractivity contribution in [3.63, 3.8) is 0 Å². The molecule has 2 aromatic heterocycles. The minimum absolute atomic E-state index is 0.00226. The van der Waals surface area contributed by atoms with E-state index in [1.54, 1.807) is 6.20 Å². The van der Waals surface area contributed by atoms with Gasteiger partial charge in [0.25, 0.3) is 0 Å². The van der Waals surface area contributed by atoms with Gasteiger partial charge in [-0.15, -0.1) is 0 Å². The quantitative estimate of drug-likeness (QED) is 0.464. The van der Waals surface area contributed by atoms with E-state index in [2.05, 4.69) is 4.98 Å². The van der Waals surface area contributed by atoms with E-state index < -0.39 is 5.97 Å². The second-order valence-corrected chi connectivity index (χ2v) is 6.59. The number of carbonyl (C=O) groups excluding carboxylic acids is 3. The molecule has 4 rings (SSSR count). The number of fused-ring (bicyclic) bond motifs is 2. The Bertz CT molecular complexity index is 842. The van der Waals surface area contributed by atoms with Gasteiger partial charge in [0.2, 0.25) is 11.8 Å². The molecule has 0 aromatic carbocycles. The first-order valence-corrected chi connectivity index (χ1v) is 8.72. The lowest BCUT2D eigenvalue weighted by Crippen LogP contribution is -2.33. The van der Waals surface area contributed by atoms with Crippen LogP contribution in [0.2, 0.25) is 0 Å². The number of imidazole rings is 1. The Morgan fingerprint density at radius 1 is 1.15 bits per heavy atom. The van der Waals surface area contributed by atoms with Crippen LogP contribution in [-0.4, -0.2) is 38.6 Å². The highest BCUT2D eigenvalue weighted by Gasteiger charge is 2.46. The number of pyridine rings is 1. The van der Waals surface area contributed by atoms with Crippen LogP contribution in [0.1, 0.15) is 25.0 Å². The summed E-state index contributed by atoms with van der Waals surface area (Å²) >= 11 is 0. The number of carbonyl (C=O) groups is 3. The number of amides is 2. The lowest BCUT2D eigenvalue weighted by atomic mass is 9.85. The Balaban J connectivity index is 1.30. The molecule has 0 radical (unpaired) electrons. The van der Waals surface area contributed by atoms with Gasteiger partial charge in [0.15, 0.2) is 0 Å². The highest BCUT2D eigenvalue weighted by atomic mass is 16.5. The zero-order valence-corrected chi connectivity index (χ0v) is 14.2. The van der Waals surface area contributed by atoms with E-state index >= 15 is 0 Å². The van der Waals surface area contributed by atoms with Gasteiger partial charge in [-0.05, 0) is 25.0 Å². The summed E-state index contributed by atoms with van der Waals surface area (Å²) in [6.45, 7) is 0.145. The SMILES string of the molecule is O=C(CCN1C(=O)[C@H]2CC=CC[C@H]2C1=O)OCc1cn2ccccc2n1. The molecule has 1 fully saturated rings. The van der Waals surface area contributed by atoms with Gasteiger partial charge in [-0.1, -0.05) is 18.2 Å². The van der Waals surface area contributed by atoms with Crippen molar-refractivity contribution in [3.8, 4) is 0 Å². The smallest absolute Gasteiger partial charge is 0.307 e. The molecule has 2 atom stereocenters. The van der Waals surface area contributed by atoms with Gasteiger partial charge in [0.05, 0.1) is 24.0 Å². The van der Waals surface area contributed by atoms with E-state index in [9.17, 15) is 14.4 Å². The second kappa shape index (κ2) is 6.74. The number of ether oxygens (including phenoxy) is 1. The maximum Gasteiger partial charge on any atom is 0.307 e. The summed E-state index contributed by atoms with van der Waals surface area (Å²) in [6, 6.07) is 5.64. The molecular formula is C19H19N3O4. The summed E-state index contributed by atoms with van der Waals surface area (Å²) < 4.78 is 7.08. The molecule has 3 heterocycles. The van der Waals surface area contributed by atoms with Gasteiger partial charge in [-0.3, -0.25) is 19.3 Å². The predicted molar refractivity (Wildman–Crippen MR) is 91.7 cm³/mol. The van der Waals surface area contributed by atoms with Crippen LogP contribution < -0.4 is 0 Å². The van der Waals surface area contributed by atoms with Crippen LogP contribution in [0.4, 0.5) is 0 Å². The lowest BCUT2D eigenvalue weighted by Gasteiger charge is -2.14. The maximum absolute atomic E-state index is 12.3. The topological polar surface area (TPSA) is 81.0 Å². The van der Waals surface area contributed by atoms with Gasteiger partial charge in [-0.2, -0.15) is 0 Å². The van der Waals surface area contributed by atoms with Crippen molar-refractivity contribution >= 4 is 23.4 Å². The molecule has 7 heteroatoms. The molecule has 0 saturated carbocycles. The second-order valence-electron chi connectivity index (χ2n) is 6.59. The van der Waals surface area contributed by atoms with Crippen molar-refractivity contribution in [2.75, 3.05) is 6.54 Å². The van der Waals surface area contributed by atoms with Crippen LogP contribution in [-0.2, 0) is 25.7 Å². The van der Waals surface area contributed by atoms with Crippen molar-refractivity contribution in [1.82, 2.24) is 14.3 Å². The van der Waals surface area contributed by atoms with Gasteiger partial charge in [0, 0.05) is 18.9 Å². The molecule has 1 aliphatic carbocycles. The Kier molecular flexibility index (Phi) is 4.28. The van der Waals surface area contributed by atoms with Gasteiger partial charge >= 0.3 is 5.97 Å². The molecule has 7 nitrogen and oxygen atoms in total. The number of aromatic nitrogens is 2. The third kappa shape index (κ3) is 3.00. The first-order valence-electron chi connectivity index (χ1n) is 8.72. The minimum Gasteiger partial charge on any atom is -0.459 e. The fraction of sp³-hybridized carbons (Fsp3) is 0.368. The number of imide groups is 1.